The number of aliphatic hydroxyl groups is 1. The second-order valence-electron chi connectivity index (χ2n) is 10.2. The van der Waals surface area contributed by atoms with E-state index < -0.39 is 17.8 Å². The van der Waals surface area contributed by atoms with E-state index in [1.165, 1.54) is 0 Å². The lowest BCUT2D eigenvalue weighted by Gasteiger charge is -2.43. The third-order valence-electron chi connectivity index (χ3n) is 7.81. The van der Waals surface area contributed by atoms with Crippen molar-refractivity contribution >= 4 is 5.91 Å². The Hall–Kier alpha value is -2.95. The average Bonchev–Trinajstić information content (AvgIpc) is 3.17. The van der Waals surface area contributed by atoms with E-state index in [0.717, 1.165) is 48.3 Å². The molecule has 1 aliphatic heterocycles. The molecule has 1 heterocycles. The lowest BCUT2D eigenvalue weighted by molar-refractivity contribution is -0.135. The first-order chi connectivity index (χ1) is 17.1. The van der Waals surface area contributed by atoms with E-state index in [1.54, 1.807) is 0 Å². The minimum atomic E-state index is -0.915. The highest BCUT2D eigenvalue weighted by Gasteiger charge is 2.54. The molecular formula is C31H35N2O2. The SMILES string of the molecule is CC1CCC2(CC1)NC([C@H](O)[C](Cc1ccccc1)c1ccccc1)C(=O)N2Cc1ccccc1. The Balaban J connectivity index is 1.46. The normalized spacial score (nSPS) is 25.3. The zero-order valence-corrected chi connectivity index (χ0v) is 20.4. The van der Waals surface area contributed by atoms with Crippen molar-refractivity contribution in [3.05, 3.63) is 114 Å². The molecule has 1 aliphatic carbocycles. The Labute approximate surface area is 209 Å². The quantitative estimate of drug-likeness (QED) is 0.507. The van der Waals surface area contributed by atoms with Gasteiger partial charge < -0.3 is 10.0 Å². The molecule has 1 amide bonds. The van der Waals surface area contributed by atoms with Crippen LogP contribution < -0.4 is 5.32 Å². The van der Waals surface area contributed by atoms with Crippen molar-refractivity contribution in [1.82, 2.24) is 10.2 Å². The van der Waals surface area contributed by atoms with Crippen LogP contribution in [0.4, 0.5) is 0 Å². The fourth-order valence-corrected chi connectivity index (χ4v) is 5.72. The topological polar surface area (TPSA) is 52.6 Å². The second kappa shape index (κ2) is 10.3. The number of nitrogens with one attached hydrogen (secondary N) is 1. The van der Waals surface area contributed by atoms with Crippen molar-refractivity contribution < 1.29 is 9.90 Å². The van der Waals surface area contributed by atoms with Crippen LogP contribution in [-0.2, 0) is 17.8 Å². The highest BCUT2D eigenvalue weighted by Crippen LogP contribution is 2.41. The number of carbonyl (C=O) groups excluding carboxylic acids is 1. The van der Waals surface area contributed by atoms with Crippen molar-refractivity contribution in [2.45, 2.75) is 63.4 Å². The lowest BCUT2D eigenvalue weighted by Crippen LogP contribution is -2.55. The van der Waals surface area contributed by atoms with E-state index >= 15 is 0 Å². The summed E-state index contributed by atoms with van der Waals surface area (Å²) in [6.07, 6.45) is 3.66. The van der Waals surface area contributed by atoms with Crippen LogP contribution in [0.25, 0.3) is 0 Å². The number of aliphatic hydroxyl groups excluding tert-OH is 1. The van der Waals surface area contributed by atoms with Crippen molar-refractivity contribution in [1.29, 1.82) is 0 Å². The minimum Gasteiger partial charge on any atom is -0.390 e. The van der Waals surface area contributed by atoms with Crippen molar-refractivity contribution in [3.63, 3.8) is 0 Å². The van der Waals surface area contributed by atoms with E-state index in [9.17, 15) is 9.90 Å². The van der Waals surface area contributed by atoms with Gasteiger partial charge in [-0.1, -0.05) is 97.9 Å². The van der Waals surface area contributed by atoms with Gasteiger partial charge >= 0.3 is 0 Å². The first kappa shape index (κ1) is 23.8. The fourth-order valence-electron chi connectivity index (χ4n) is 5.72. The molecule has 181 valence electrons. The minimum absolute atomic E-state index is 0.00241. The van der Waals surface area contributed by atoms with Crippen LogP contribution in [0.2, 0.25) is 0 Å². The highest BCUT2D eigenvalue weighted by molar-refractivity contribution is 5.86. The summed E-state index contributed by atoms with van der Waals surface area (Å²) in [5.41, 5.74) is 2.82. The summed E-state index contributed by atoms with van der Waals surface area (Å²) in [5, 5.41) is 15.5. The van der Waals surface area contributed by atoms with Gasteiger partial charge in [-0.3, -0.25) is 10.1 Å². The Kier molecular flexibility index (Phi) is 7.03. The van der Waals surface area contributed by atoms with Crippen LogP contribution in [0.15, 0.2) is 91.0 Å². The summed E-state index contributed by atoms with van der Waals surface area (Å²) in [6, 6.07) is 29.7. The van der Waals surface area contributed by atoms with Gasteiger partial charge in [-0.25, -0.2) is 0 Å². The summed E-state index contributed by atoms with van der Waals surface area (Å²) in [4.78, 5) is 16.0. The predicted octanol–water partition coefficient (Wildman–Crippen LogP) is 5.12. The maximum atomic E-state index is 14.0. The largest absolute Gasteiger partial charge is 0.390 e. The molecule has 2 atom stereocenters. The summed E-state index contributed by atoms with van der Waals surface area (Å²) >= 11 is 0. The lowest BCUT2D eigenvalue weighted by atomic mass is 9.81. The van der Waals surface area contributed by atoms with E-state index in [-0.39, 0.29) is 5.91 Å². The molecule has 2 N–H and O–H groups in total. The standard InChI is InChI=1S/C31H35N2O2/c1-23-17-19-31(20-18-23)32-28(30(35)33(31)22-25-13-7-3-8-14-25)29(34)27(26-15-9-4-10-16-26)21-24-11-5-2-6-12-24/h2-16,23,28-29,32,34H,17-22H2,1H3/t23?,28?,29-,31?/m1/s1. The third-order valence-corrected chi connectivity index (χ3v) is 7.81. The van der Waals surface area contributed by atoms with Gasteiger partial charge in [0.1, 0.15) is 6.04 Å². The molecule has 1 radical (unpaired) electrons. The molecular weight excluding hydrogens is 432 g/mol. The number of nitrogens with zero attached hydrogens (tertiary/aromatic N) is 1. The van der Waals surface area contributed by atoms with Gasteiger partial charge in [-0.15, -0.1) is 0 Å². The average molecular weight is 468 g/mol. The smallest absolute Gasteiger partial charge is 0.244 e. The highest BCUT2D eigenvalue weighted by atomic mass is 16.3. The van der Waals surface area contributed by atoms with Gasteiger partial charge in [0.25, 0.3) is 0 Å². The van der Waals surface area contributed by atoms with Crippen LogP contribution in [-0.4, -0.2) is 33.7 Å². The molecule has 0 bridgehead atoms. The molecule has 1 spiro atoms. The van der Waals surface area contributed by atoms with Gasteiger partial charge in [0.05, 0.1) is 11.8 Å². The Bertz CT molecular complexity index is 1090. The fraction of sp³-hybridized carbons (Fsp3) is 0.355. The number of benzene rings is 3. The molecule has 3 aromatic carbocycles. The summed E-state index contributed by atoms with van der Waals surface area (Å²) < 4.78 is 0. The molecule has 1 saturated heterocycles. The molecule has 1 saturated carbocycles. The molecule has 35 heavy (non-hydrogen) atoms. The summed E-state index contributed by atoms with van der Waals surface area (Å²) in [5.74, 6) is 1.53. The van der Waals surface area contributed by atoms with Crippen LogP contribution in [0, 0.1) is 11.8 Å². The Morgan fingerprint density at radius 1 is 0.914 bits per heavy atom. The van der Waals surface area contributed by atoms with Crippen LogP contribution >= 0.6 is 0 Å². The maximum Gasteiger partial charge on any atom is 0.244 e. The summed E-state index contributed by atoms with van der Waals surface area (Å²) in [7, 11) is 0. The monoisotopic (exact) mass is 467 g/mol. The number of hydrogen-bond acceptors (Lipinski definition) is 3. The van der Waals surface area contributed by atoms with E-state index in [2.05, 4.69) is 36.5 Å². The summed E-state index contributed by atoms with van der Waals surface area (Å²) in [6.45, 7) is 2.85. The maximum absolute atomic E-state index is 14.0. The molecule has 4 heteroatoms. The second-order valence-corrected chi connectivity index (χ2v) is 10.2. The van der Waals surface area contributed by atoms with Gasteiger partial charge in [-0.05, 0) is 54.7 Å². The first-order valence-electron chi connectivity index (χ1n) is 12.8. The number of amides is 1. The van der Waals surface area contributed by atoms with Gasteiger partial charge in [0.15, 0.2) is 0 Å². The number of hydrogen-bond donors (Lipinski definition) is 2. The number of carbonyl (C=O) groups is 1. The molecule has 2 fully saturated rings. The van der Waals surface area contributed by atoms with Gasteiger partial charge in [-0.2, -0.15) is 0 Å². The van der Waals surface area contributed by atoms with Gasteiger partial charge in [0, 0.05) is 12.5 Å². The van der Waals surface area contributed by atoms with Crippen molar-refractivity contribution in [3.8, 4) is 0 Å². The van der Waals surface area contributed by atoms with Crippen molar-refractivity contribution in [2.75, 3.05) is 0 Å². The van der Waals surface area contributed by atoms with Gasteiger partial charge in [0.2, 0.25) is 5.91 Å². The molecule has 1 unspecified atom stereocenters. The molecule has 2 aliphatic rings. The third kappa shape index (κ3) is 5.05. The Morgan fingerprint density at radius 2 is 1.46 bits per heavy atom. The van der Waals surface area contributed by atoms with Crippen LogP contribution in [0.3, 0.4) is 0 Å². The molecule has 5 rings (SSSR count). The van der Waals surface area contributed by atoms with E-state index in [4.69, 9.17) is 0 Å². The first-order valence-corrected chi connectivity index (χ1v) is 12.8. The van der Waals surface area contributed by atoms with E-state index in [1.807, 2.05) is 71.6 Å². The number of rotatable bonds is 7. The van der Waals surface area contributed by atoms with Crippen LogP contribution in [0.1, 0.15) is 49.3 Å². The van der Waals surface area contributed by atoms with Crippen molar-refractivity contribution in [2.24, 2.45) is 5.92 Å². The Morgan fingerprint density at radius 3 is 2.06 bits per heavy atom. The molecule has 4 nitrogen and oxygen atoms in total. The molecule has 0 aromatic heterocycles. The zero-order chi connectivity index (χ0) is 24.3. The molecule has 3 aromatic rings. The van der Waals surface area contributed by atoms with Crippen LogP contribution in [0.5, 0.6) is 0 Å². The predicted molar refractivity (Wildman–Crippen MR) is 139 cm³/mol. The van der Waals surface area contributed by atoms with E-state index in [0.29, 0.717) is 18.9 Å². The zero-order valence-electron chi connectivity index (χ0n) is 20.4.